The molecule has 6 nitrogen and oxygen atoms in total. The third-order valence-electron chi connectivity index (χ3n) is 4.05. The molecule has 1 N–H and O–H groups in total. The molecule has 0 fully saturated rings. The summed E-state index contributed by atoms with van der Waals surface area (Å²) in [6.45, 7) is 5.92. The van der Waals surface area contributed by atoms with E-state index in [1.807, 2.05) is 25.3 Å². The van der Waals surface area contributed by atoms with Crippen molar-refractivity contribution in [3.8, 4) is 0 Å². The molecule has 2 aromatic rings. The Morgan fingerprint density at radius 2 is 1.81 bits per heavy atom. The minimum absolute atomic E-state index is 0.259. The van der Waals surface area contributed by atoms with Crippen LogP contribution in [0.25, 0.3) is 0 Å². The number of aromatic nitrogens is 1. The Bertz CT molecular complexity index is 825. The maximum atomic E-state index is 12.3. The summed E-state index contributed by atoms with van der Waals surface area (Å²) in [5, 5.41) is 2.47. The van der Waals surface area contributed by atoms with E-state index < -0.39 is 5.97 Å². The third-order valence-corrected chi connectivity index (χ3v) is 4.58. The van der Waals surface area contributed by atoms with E-state index in [1.165, 1.54) is 0 Å². The van der Waals surface area contributed by atoms with Gasteiger partial charge in [-0.1, -0.05) is 15.9 Å². The fourth-order valence-electron chi connectivity index (χ4n) is 2.70. The molecule has 2 rings (SSSR count). The molecular formula is C19H21BrN2O4. The average molecular weight is 421 g/mol. The van der Waals surface area contributed by atoms with Crippen LogP contribution in [-0.2, 0) is 16.1 Å². The topological polar surface area (TPSA) is 77.4 Å². The van der Waals surface area contributed by atoms with Gasteiger partial charge >= 0.3 is 5.97 Å². The molecule has 26 heavy (non-hydrogen) atoms. The summed E-state index contributed by atoms with van der Waals surface area (Å²) in [5.41, 5.74) is 2.83. The summed E-state index contributed by atoms with van der Waals surface area (Å²) in [4.78, 5) is 36.0. The van der Waals surface area contributed by atoms with E-state index in [0.29, 0.717) is 11.1 Å². The van der Waals surface area contributed by atoms with E-state index in [9.17, 15) is 14.4 Å². The zero-order chi connectivity index (χ0) is 19.3. The van der Waals surface area contributed by atoms with Crippen molar-refractivity contribution < 1.29 is 19.1 Å². The molecule has 0 bridgehead atoms. The lowest BCUT2D eigenvalue weighted by Gasteiger charge is -2.07. The van der Waals surface area contributed by atoms with Gasteiger partial charge in [0, 0.05) is 33.5 Å². The second-order valence-corrected chi connectivity index (χ2v) is 6.72. The van der Waals surface area contributed by atoms with Crippen LogP contribution in [0.15, 0.2) is 34.8 Å². The van der Waals surface area contributed by atoms with E-state index in [0.717, 1.165) is 22.4 Å². The van der Waals surface area contributed by atoms with Gasteiger partial charge in [-0.05, 0) is 51.1 Å². The summed E-state index contributed by atoms with van der Waals surface area (Å²) in [6.07, 6.45) is 0. The Hall–Kier alpha value is -2.41. The minimum Gasteiger partial charge on any atom is -0.456 e. The van der Waals surface area contributed by atoms with Crippen molar-refractivity contribution in [3.63, 3.8) is 0 Å². The molecule has 1 aromatic carbocycles. The van der Waals surface area contributed by atoms with Crippen molar-refractivity contribution in [1.82, 2.24) is 9.88 Å². The van der Waals surface area contributed by atoms with Gasteiger partial charge in [-0.3, -0.25) is 14.4 Å². The van der Waals surface area contributed by atoms with Gasteiger partial charge in [0.25, 0.3) is 5.91 Å². The Kier molecular flexibility index (Phi) is 6.74. The molecule has 0 unspecified atom stereocenters. The number of benzene rings is 1. The van der Waals surface area contributed by atoms with Crippen LogP contribution in [0.2, 0.25) is 0 Å². The van der Waals surface area contributed by atoms with Crippen molar-refractivity contribution in [2.45, 2.75) is 27.3 Å². The number of nitrogens with one attached hydrogen (secondary N) is 1. The smallest absolute Gasteiger partial charge is 0.325 e. The zero-order valence-electron chi connectivity index (χ0n) is 15.0. The van der Waals surface area contributed by atoms with Crippen molar-refractivity contribution >= 4 is 33.6 Å². The SMILES string of the molecule is CCn1c(C)cc(C(=O)COC(=O)CNC(=O)c2ccc(Br)cc2)c1C. The number of halogens is 1. The van der Waals surface area contributed by atoms with Gasteiger partial charge in [-0.15, -0.1) is 0 Å². The number of hydrogen-bond donors (Lipinski definition) is 1. The molecule has 138 valence electrons. The number of ketones is 1. The molecule has 0 saturated heterocycles. The normalized spacial score (nSPS) is 10.5. The molecule has 1 aromatic heterocycles. The number of nitrogens with zero attached hydrogens (tertiary/aromatic N) is 1. The van der Waals surface area contributed by atoms with Crippen LogP contribution in [0.5, 0.6) is 0 Å². The Morgan fingerprint density at radius 3 is 2.38 bits per heavy atom. The van der Waals surface area contributed by atoms with Crippen molar-refractivity contribution in [2.75, 3.05) is 13.2 Å². The average Bonchev–Trinajstić information content (AvgIpc) is 2.91. The quantitative estimate of drug-likeness (QED) is 0.551. The second-order valence-electron chi connectivity index (χ2n) is 5.80. The first-order valence-electron chi connectivity index (χ1n) is 8.22. The van der Waals surface area contributed by atoms with Crippen LogP contribution in [0, 0.1) is 13.8 Å². The molecule has 1 heterocycles. The molecule has 7 heteroatoms. The lowest BCUT2D eigenvalue weighted by molar-refractivity contribution is -0.141. The number of amides is 1. The maximum Gasteiger partial charge on any atom is 0.325 e. The lowest BCUT2D eigenvalue weighted by Crippen LogP contribution is -2.31. The maximum absolute atomic E-state index is 12.3. The van der Waals surface area contributed by atoms with Crippen LogP contribution < -0.4 is 5.32 Å². The highest BCUT2D eigenvalue weighted by Crippen LogP contribution is 2.15. The number of esters is 1. The Labute approximate surface area is 160 Å². The zero-order valence-corrected chi connectivity index (χ0v) is 16.6. The standard InChI is InChI=1S/C19H21BrN2O4/c1-4-22-12(2)9-16(13(22)3)17(23)11-26-18(24)10-21-19(25)14-5-7-15(20)8-6-14/h5-9H,4,10-11H2,1-3H3,(H,21,25). The predicted octanol–water partition coefficient (Wildman–Crippen LogP) is 3.04. The highest BCUT2D eigenvalue weighted by atomic mass is 79.9. The van der Waals surface area contributed by atoms with E-state index in [4.69, 9.17) is 4.74 Å². The first kappa shape index (κ1) is 19.9. The molecule has 0 saturated carbocycles. The van der Waals surface area contributed by atoms with Gasteiger partial charge in [0.2, 0.25) is 5.78 Å². The van der Waals surface area contributed by atoms with Gasteiger partial charge in [0.15, 0.2) is 6.61 Å². The lowest BCUT2D eigenvalue weighted by atomic mass is 10.1. The van der Waals surface area contributed by atoms with Crippen molar-refractivity contribution in [3.05, 3.63) is 57.3 Å². The molecule has 0 aliphatic rings. The van der Waals surface area contributed by atoms with Gasteiger partial charge in [-0.25, -0.2) is 0 Å². The number of rotatable bonds is 7. The highest BCUT2D eigenvalue weighted by Gasteiger charge is 2.17. The Morgan fingerprint density at radius 1 is 1.15 bits per heavy atom. The number of Topliss-reactive ketones (excluding diaryl/α,β-unsaturated/α-hetero) is 1. The molecular weight excluding hydrogens is 400 g/mol. The van der Waals surface area contributed by atoms with Crippen LogP contribution >= 0.6 is 15.9 Å². The molecule has 0 radical (unpaired) electrons. The largest absolute Gasteiger partial charge is 0.456 e. The fourth-order valence-corrected chi connectivity index (χ4v) is 2.96. The van der Waals surface area contributed by atoms with Crippen LogP contribution in [0.1, 0.15) is 39.0 Å². The number of ether oxygens (including phenoxy) is 1. The fraction of sp³-hybridized carbons (Fsp3) is 0.316. The van der Waals surface area contributed by atoms with E-state index in [-0.39, 0.29) is 24.8 Å². The van der Waals surface area contributed by atoms with Crippen LogP contribution in [0.3, 0.4) is 0 Å². The number of aryl methyl sites for hydroxylation is 1. The molecule has 0 spiro atoms. The summed E-state index contributed by atoms with van der Waals surface area (Å²) >= 11 is 3.29. The summed E-state index contributed by atoms with van der Waals surface area (Å²) in [6, 6.07) is 8.54. The molecule has 0 aliphatic heterocycles. The first-order chi connectivity index (χ1) is 12.3. The predicted molar refractivity (Wildman–Crippen MR) is 101 cm³/mol. The van der Waals surface area contributed by atoms with Crippen molar-refractivity contribution in [1.29, 1.82) is 0 Å². The molecule has 1 amide bonds. The van der Waals surface area contributed by atoms with Gasteiger partial charge in [0.05, 0.1) is 0 Å². The number of carbonyl (C=O) groups is 3. The minimum atomic E-state index is -0.659. The van der Waals surface area contributed by atoms with E-state index >= 15 is 0 Å². The van der Waals surface area contributed by atoms with Gasteiger partial charge in [0.1, 0.15) is 6.54 Å². The van der Waals surface area contributed by atoms with E-state index in [2.05, 4.69) is 21.2 Å². The first-order valence-corrected chi connectivity index (χ1v) is 9.02. The summed E-state index contributed by atoms with van der Waals surface area (Å²) in [7, 11) is 0. The van der Waals surface area contributed by atoms with Gasteiger partial charge < -0.3 is 14.6 Å². The highest BCUT2D eigenvalue weighted by molar-refractivity contribution is 9.10. The third kappa shape index (κ3) is 4.82. The summed E-state index contributed by atoms with van der Waals surface area (Å²) in [5.74, 6) is -1.30. The number of hydrogen-bond acceptors (Lipinski definition) is 4. The molecule has 0 aliphatic carbocycles. The van der Waals surface area contributed by atoms with Crippen LogP contribution in [-0.4, -0.2) is 35.4 Å². The van der Waals surface area contributed by atoms with E-state index in [1.54, 1.807) is 30.3 Å². The molecule has 0 atom stereocenters. The second kappa shape index (κ2) is 8.80. The van der Waals surface area contributed by atoms with Crippen molar-refractivity contribution in [2.24, 2.45) is 0 Å². The summed E-state index contributed by atoms with van der Waals surface area (Å²) < 4.78 is 7.86. The number of carbonyl (C=O) groups excluding carboxylic acids is 3. The van der Waals surface area contributed by atoms with Crippen LogP contribution in [0.4, 0.5) is 0 Å². The monoisotopic (exact) mass is 420 g/mol. The van der Waals surface area contributed by atoms with Gasteiger partial charge in [-0.2, -0.15) is 0 Å². The Balaban J connectivity index is 1.84.